The van der Waals surface area contributed by atoms with Crippen molar-refractivity contribution in [2.45, 2.75) is 71.6 Å². The average molecular weight is 556 g/mol. The molecule has 2 saturated carbocycles. The fraction of sp³-hybridized carbons (Fsp3) is 0.613. The maximum absolute atomic E-state index is 14.8. The van der Waals surface area contributed by atoms with Crippen LogP contribution < -0.4 is 5.32 Å². The number of hydrogen-bond donors (Lipinski definition) is 2. The molecule has 1 aromatic rings. The fourth-order valence-corrected chi connectivity index (χ4v) is 8.66. The summed E-state index contributed by atoms with van der Waals surface area (Å²) in [5, 5.41) is 16.3. The Balaban J connectivity index is 1.52. The second-order valence-corrected chi connectivity index (χ2v) is 13.6. The number of Topliss-reactive ketones (excluding diaryl/α,β-unsaturated/α-hetero) is 1. The first-order chi connectivity index (χ1) is 18.2. The quantitative estimate of drug-likeness (QED) is 0.392. The maximum Gasteiger partial charge on any atom is 0.342 e. The molecule has 210 valence electrons. The van der Waals surface area contributed by atoms with E-state index in [1.807, 2.05) is 26.0 Å². The minimum atomic E-state index is -1.87. The lowest BCUT2D eigenvalue weighted by atomic mass is 9.59. The van der Waals surface area contributed by atoms with Gasteiger partial charge >= 0.3 is 5.97 Å². The van der Waals surface area contributed by atoms with Gasteiger partial charge in [-0.2, -0.15) is 0 Å². The van der Waals surface area contributed by atoms with Gasteiger partial charge < -0.3 is 24.6 Å². The number of nitrogens with one attached hydrogen (secondary N) is 1. The second kappa shape index (κ2) is 8.41. The zero-order valence-electron chi connectivity index (χ0n) is 23.6. The van der Waals surface area contributed by atoms with Crippen LogP contribution in [0.3, 0.4) is 0 Å². The van der Waals surface area contributed by atoms with E-state index in [9.17, 15) is 14.7 Å². The van der Waals surface area contributed by atoms with E-state index in [0.29, 0.717) is 17.2 Å². The van der Waals surface area contributed by atoms with Gasteiger partial charge in [0.05, 0.1) is 17.0 Å². The summed E-state index contributed by atoms with van der Waals surface area (Å²) in [5.74, 6) is -1.76. The number of benzene rings is 1. The fourth-order valence-electron chi connectivity index (χ4n) is 8.41. The molecule has 0 amide bonds. The number of carbonyl (C=O) groups is 2. The summed E-state index contributed by atoms with van der Waals surface area (Å²) in [6, 6.07) is 5.11. The van der Waals surface area contributed by atoms with Crippen molar-refractivity contribution in [3.8, 4) is 0 Å². The summed E-state index contributed by atoms with van der Waals surface area (Å²) in [6.07, 6.45) is 2.65. The highest BCUT2D eigenvalue weighted by Gasteiger charge is 2.77. The first-order valence-electron chi connectivity index (χ1n) is 13.9. The monoisotopic (exact) mass is 555 g/mol. The molecule has 1 unspecified atom stereocenters. The molecule has 5 aliphatic rings. The smallest absolute Gasteiger partial charge is 0.342 e. The third-order valence-corrected chi connectivity index (χ3v) is 10.7. The van der Waals surface area contributed by atoms with Crippen LogP contribution in [0, 0.1) is 34.5 Å². The molecule has 2 bridgehead atoms. The zero-order chi connectivity index (χ0) is 28.3. The zero-order valence-corrected chi connectivity index (χ0v) is 24.4. The Hall–Kier alpha value is -2.19. The summed E-state index contributed by atoms with van der Waals surface area (Å²) >= 11 is 6.45. The SMILES string of the molecule is CNc1cccc(Cl)c1C(=O)O[C@H]1C(C)=C[C@]23C(=O)[C@@H](C=C4COC(C)(C)O[C@H]4C12O)[C@@H]1[C@@H](C[C@H]3C)C1(C)C. The van der Waals surface area contributed by atoms with Crippen LogP contribution in [0.25, 0.3) is 0 Å². The van der Waals surface area contributed by atoms with Gasteiger partial charge in [0.1, 0.15) is 11.7 Å². The lowest BCUT2D eigenvalue weighted by Gasteiger charge is -2.52. The number of allylic oxidation sites excluding steroid dienone is 1. The summed E-state index contributed by atoms with van der Waals surface area (Å²) in [5.41, 5.74) is -1.08. The molecule has 0 aromatic heterocycles. The number of carbonyl (C=O) groups excluding carboxylic acids is 2. The Morgan fingerprint density at radius 2 is 1.95 bits per heavy atom. The van der Waals surface area contributed by atoms with Gasteiger partial charge in [0.2, 0.25) is 0 Å². The Morgan fingerprint density at radius 1 is 1.23 bits per heavy atom. The van der Waals surface area contributed by atoms with E-state index < -0.39 is 35.0 Å². The van der Waals surface area contributed by atoms with Gasteiger partial charge in [0.15, 0.2) is 23.3 Å². The van der Waals surface area contributed by atoms with Gasteiger partial charge in [-0.15, -0.1) is 0 Å². The molecule has 0 radical (unpaired) electrons. The van der Waals surface area contributed by atoms with Crippen LogP contribution in [-0.4, -0.2) is 54.1 Å². The topological polar surface area (TPSA) is 94.1 Å². The molecular weight excluding hydrogens is 518 g/mol. The van der Waals surface area contributed by atoms with Crippen molar-refractivity contribution in [2.24, 2.45) is 34.5 Å². The largest absolute Gasteiger partial charge is 0.451 e. The van der Waals surface area contributed by atoms with Crippen molar-refractivity contribution in [1.29, 1.82) is 0 Å². The van der Waals surface area contributed by atoms with E-state index in [2.05, 4.69) is 19.2 Å². The molecule has 1 aliphatic heterocycles. The predicted octanol–water partition coefficient (Wildman–Crippen LogP) is 5.17. The van der Waals surface area contributed by atoms with Crippen molar-refractivity contribution >= 4 is 29.0 Å². The molecule has 7 nitrogen and oxygen atoms in total. The number of anilines is 1. The van der Waals surface area contributed by atoms with E-state index >= 15 is 0 Å². The van der Waals surface area contributed by atoms with Crippen LogP contribution in [0.1, 0.15) is 58.3 Å². The average Bonchev–Trinajstić information content (AvgIpc) is 3.36. The van der Waals surface area contributed by atoms with Gasteiger partial charge in [-0.25, -0.2) is 4.79 Å². The van der Waals surface area contributed by atoms with Crippen LogP contribution in [0.5, 0.6) is 0 Å². The highest BCUT2D eigenvalue weighted by atomic mass is 35.5. The molecule has 39 heavy (non-hydrogen) atoms. The van der Waals surface area contributed by atoms with Crippen LogP contribution in [-0.2, 0) is 19.0 Å². The molecule has 8 atom stereocenters. The Morgan fingerprint density at radius 3 is 2.64 bits per heavy atom. The number of hydrogen-bond acceptors (Lipinski definition) is 7. The molecule has 3 fully saturated rings. The first kappa shape index (κ1) is 27.0. The second-order valence-electron chi connectivity index (χ2n) is 13.2. The standard InChI is InChI=1S/C31H38ClNO6/c1-15-13-30-16(2)11-19-23(28(19,3)4)18(24(30)34)12-17-14-37-29(5,6)39-26(17)31(30,36)25(15)38-27(35)22-20(32)9-8-10-21(22)33-7/h8-10,12-13,16,18-19,23,25-26,33,36H,11,14H2,1-7H3/t16-,18+,19-,23-,25+,26-,30+,31?/m1/s1. The van der Waals surface area contributed by atoms with Crippen LogP contribution in [0.2, 0.25) is 5.02 Å². The normalized spacial score (nSPS) is 41.1. The number of ether oxygens (including phenoxy) is 3. The van der Waals surface area contributed by atoms with Crippen molar-refractivity contribution in [3.05, 3.63) is 52.1 Å². The molecule has 2 N–H and O–H groups in total. The van der Waals surface area contributed by atoms with E-state index in [-0.39, 0.29) is 46.1 Å². The van der Waals surface area contributed by atoms with E-state index in [4.69, 9.17) is 25.8 Å². The summed E-state index contributed by atoms with van der Waals surface area (Å²) < 4.78 is 18.7. The third kappa shape index (κ3) is 3.46. The number of ketones is 1. The Kier molecular flexibility index (Phi) is 5.83. The van der Waals surface area contributed by atoms with E-state index in [1.54, 1.807) is 39.1 Å². The van der Waals surface area contributed by atoms with Crippen LogP contribution in [0.4, 0.5) is 5.69 Å². The maximum atomic E-state index is 14.8. The lowest BCUT2D eigenvalue weighted by molar-refractivity contribution is -0.302. The molecule has 1 heterocycles. The van der Waals surface area contributed by atoms with Crippen molar-refractivity contribution in [3.63, 3.8) is 0 Å². The van der Waals surface area contributed by atoms with Crippen LogP contribution in [0.15, 0.2) is 41.5 Å². The lowest BCUT2D eigenvalue weighted by Crippen LogP contribution is -2.68. The number of rotatable bonds is 3. The number of halogens is 1. The van der Waals surface area contributed by atoms with Crippen molar-refractivity contribution in [1.82, 2.24) is 0 Å². The van der Waals surface area contributed by atoms with Gasteiger partial charge in [0, 0.05) is 18.7 Å². The molecule has 8 heteroatoms. The van der Waals surface area contributed by atoms with Crippen LogP contribution >= 0.6 is 11.6 Å². The highest BCUT2D eigenvalue weighted by molar-refractivity contribution is 6.34. The number of aliphatic hydroxyl groups is 1. The van der Waals surface area contributed by atoms with E-state index in [0.717, 1.165) is 12.0 Å². The third-order valence-electron chi connectivity index (χ3n) is 10.4. The Labute approximate surface area is 234 Å². The molecular formula is C31H38ClNO6. The van der Waals surface area contributed by atoms with Gasteiger partial charge in [0.25, 0.3) is 0 Å². The van der Waals surface area contributed by atoms with Gasteiger partial charge in [-0.3, -0.25) is 4.79 Å². The van der Waals surface area contributed by atoms with Crippen molar-refractivity contribution < 1.29 is 28.9 Å². The first-order valence-corrected chi connectivity index (χ1v) is 14.2. The molecule has 1 saturated heterocycles. The minimum Gasteiger partial charge on any atom is -0.451 e. The van der Waals surface area contributed by atoms with E-state index in [1.165, 1.54) is 0 Å². The number of fused-ring (bicyclic) bond motifs is 5. The molecule has 4 aliphatic carbocycles. The van der Waals surface area contributed by atoms with Crippen molar-refractivity contribution in [2.75, 3.05) is 19.0 Å². The van der Waals surface area contributed by atoms with Gasteiger partial charge in [-0.1, -0.05) is 50.6 Å². The minimum absolute atomic E-state index is 0.0227. The number of esters is 1. The van der Waals surface area contributed by atoms with Gasteiger partial charge in [-0.05, 0) is 73.6 Å². The molecule has 6 rings (SSSR count). The molecule has 1 spiro atoms. The highest BCUT2D eigenvalue weighted by Crippen LogP contribution is 2.72. The summed E-state index contributed by atoms with van der Waals surface area (Å²) in [4.78, 5) is 28.5. The Bertz CT molecular complexity index is 1330. The molecule has 1 aromatic carbocycles. The predicted molar refractivity (Wildman–Crippen MR) is 147 cm³/mol. The summed E-state index contributed by atoms with van der Waals surface area (Å²) in [6.45, 7) is 12.2. The summed E-state index contributed by atoms with van der Waals surface area (Å²) in [7, 11) is 1.70.